The maximum atomic E-state index is 15.8. The summed E-state index contributed by atoms with van der Waals surface area (Å²) >= 11 is 0. The van der Waals surface area contributed by atoms with Crippen molar-refractivity contribution in [1.82, 2.24) is 20.2 Å². The van der Waals surface area contributed by atoms with E-state index in [0.717, 1.165) is 52.4 Å². The van der Waals surface area contributed by atoms with E-state index in [1.165, 1.54) is 11.3 Å². The fourth-order valence-electron chi connectivity index (χ4n) is 4.89. The van der Waals surface area contributed by atoms with Crippen LogP contribution in [0.3, 0.4) is 0 Å². The van der Waals surface area contributed by atoms with Gasteiger partial charge in [0.2, 0.25) is 11.8 Å². The molecular weight excluding hydrogens is 447 g/mol. The van der Waals surface area contributed by atoms with Crippen molar-refractivity contribution in [3.63, 3.8) is 0 Å². The van der Waals surface area contributed by atoms with Gasteiger partial charge in [-0.15, -0.1) is 0 Å². The van der Waals surface area contributed by atoms with E-state index < -0.39 is 0 Å². The second-order valence-corrected chi connectivity index (χ2v) is 9.44. The minimum Gasteiger partial charge on any atom is -0.378 e. The number of nitrogens with one attached hydrogen (secondary N) is 2. The predicted octanol–water partition coefficient (Wildman–Crippen LogP) is 1.40. The molecule has 0 saturated carbocycles. The highest BCUT2D eigenvalue weighted by Gasteiger charge is 2.27. The zero-order valence-electron chi connectivity index (χ0n) is 20.7. The molecule has 0 radical (unpaired) electrons. The van der Waals surface area contributed by atoms with Crippen molar-refractivity contribution in [3.05, 3.63) is 35.6 Å². The summed E-state index contributed by atoms with van der Waals surface area (Å²) in [6, 6.07) is 8.60. The quantitative estimate of drug-likeness (QED) is 0.607. The van der Waals surface area contributed by atoms with Crippen molar-refractivity contribution < 1.29 is 9.13 Å². The summed E-state index contributed by atoms with van der Waals surface area (Å²) in [5, 5.41) is 6.75. The number of aryl methyl sites for hydroxylation is 1. The average Bonchev–Trinajstić information content (AvgIpc) is 2.91. The first kappa shape index (κ1) is 24.0. The Hall–Kier alpha value is -2.69. The summed E-state index contributed by atoms with van der Waals surface area (Å²) in [6.07, 6.45) is 0. The Morgan fingerprint density at radius 1 is 0.857 bits per heavy atom. The van der Waals surface area contributed by atoms with Crippen molar-refractivity contribution in [3.8, 4) is 0 Å². The molecule has 3 saturated heterocycles. The van der Waals surface area contributed by atoms with Crippen LogP contribution < -0.4 is 25.3 Å². The third-order valence-electron chi connectivity index (χ3n) is 7.03. The van der Waals surface area contributed by atoms with Crippen molar-refractivity contribution in [2.75, 3.05) is 112 Å². The second-order valence-electron chi connectivity index (χ2n) is 9.44. The minimum atomic E-state index is -0.330. The van der Waals surface area contributed by atoms with E-state index in [1.807, 2.05) is 4.90 Å². The average molecular weight is 485 g/mol. The van der Waals surface area contributed by atoms with Crippen LogP contribution in [0.25, 0.3) is 0 Å². The summed E-state index contributed by atoms with van der Waals surface area (Å²) in [6.45, 7) is 13.4. The van der Waals surface area contributed by atoms with Gasteiger partial charge in [0, 0.05) is 84.2 Å². The molecule has 35 heavy (non-hydrogen) atoms. The molecule has 0 aliphatic carbocycles. The second kappa shape index (κ2) is 11.4. The van der Waals surface area contributed by atoms with Gasteiger partial charge in [-0.3, -0.25) is 4.90 Å². The lowest BCUT2D eigenvalue weighted by atomic mass is 10.2. The number of anilines is 4. The molecule has 1 aromatic heterocycles. The van der Waals surface area contributed by atoms with Gasteiger partial charge in [0.15, 0.2) is 11.6 Å². The Bertz CT molecular complexity index is 955. The molecule has 3 fully saturated rings. The third kappa shape index (κ3) is 5.94. The van der Waals surface area contributed by atoms with Crippen LogP contribution in [0.4, 0.5) is 27.7 Å². The van der Waals surface area contributed by atoms with Gasteiger partial charge in [0.05, 0.1) is 13.2 Å². The molecule has 9 nitrogen and oxygen atoms in total. The number of hydrogen-bond donors (Lipinski definition) is 2. The Balaban J connectivity index is 1.30. The summed E-state index contributed by atoms with van der Waals surface area (Å²) in [4.78, 5) is 18.1. The molecule has 0 spiro atoms. The van der Waals surface area contributed by atoms with Gasteiger partial charge >= 0.3 is 0 Å². The number of halogens is 1. The van der Waals surface area contributed by atoms with Crippen LogP contribution in [0.2, 0.25) is 0 Å². The van der Waals surface area contributed by atoms with E-state index in [4.69, 9.17) is 4.74 Å². The third-order valence-corrected chi connectivity index (χ3v) is 7.03. The van der Waals surface area contributed by atoms with Gasteiger partial charge in [0.25, 0.3) is 0 Å². The molecule has 2 aromatic rings. The van der Waals surface area contributed by atoms with Crippen molar-refractivity contribution in [2.45, 2.75) is 6.92 Å². The number of morpholine rings is 1. The van der Waals surface area contributed by atoms with E-state index in [9.17, 15) is 0 Å². The molecule has 0 atom stereocenters. The monoisotopic (exact) mass is 484 g/mol. The van der Waals surface area contributed by atoms with E-state index in [2.05, 4.69) is 66.5 Å². The number of benzene rings is 1. The lowest BCUT2D eigenvalue weighted by Crippen LogP contribution is -2.47. The standard InChI is InChI=1S/C25H37FN8O/c1-20-2-4-21(5-3-20)32-12-14-33(15-13-32)23-22(26)24(34-16-18-35-19-17-34)30-25(29-23)28-8-11-31-9-6-27-7-10-31/h2-5,27H,6-19H2,1H3,(H,28,29,30). The van der Waals surface area contributed by atoms with E-state index in [1.54, 1.807) is 0 Å². The molecule has 1 aromatic carbocycles. The number of nitrogens with zero attached hydrogens (tertiary/aromatic N) is 6. The topological polar surface area (TPSA) is 72.0 Å². The van der Waals surface area contributed by atoms with Crippen molar-refractivity contribution in [2.24, 2.45) is 0 Å². The molecule has 3 aliphatic rings. The molecule has 0 unspecified atom stereocenters. The Morgan fingerprint density at radius 3 is 2.11 bits per heavy atom. The molecule has 5 rings (SSSR count). The van der Waals surface area contributed by atoms with Crippen molar-refractivity contribution in [1.29, 1.82) is 0 Å². The fraction of sp³-hybridized carbons (Fsp3) is 0.600. The van der Waals surface area contributed by atoms with Crippen LogP contribution in [0.15, 0.2) is 24.3 Å². The maximum absolute atomic E-state index is 15.8. The van der Waals surface area contributed by atoms with Crippen LogP contribution in [0.1, 0.15) is 5.56 Å². The molecule has 10 heteroatoms. The lowest BCUT2D eigenvalue weighted by molar-refractivity contribution is 0.122. The SMILES string of the molecule is Cc1ccc(N2CCN(c3nc(NCCN4CCNCC4)nc(N4CCOCC4)c3F)CC2)cc1. The first-order valence-electron chi connectivity index (χ1n) is 12.8. The Kier molecular flexibility index (Phi) is 7.80. The number of piperazine rings is 2. The zero-order valence-corrected chi connectivity index (χ0v) is 20.7. The normalized spacial score (nSPS) is 19.8. The number of hydrogen-bond acceptors (Lipinski definition) is 9. The largest absolute Gasteiger partial charge is 0.378 e. The molecular formula is C25H37FN8O. The van der Waals surface area contributed by atoms with E-state index in [-0.39, 0.29) is 5.82 Å². The summed E-state index contributed by atoms with van der Waals surface area (Å²) in [7, 11) is 0. The maximum Gasteiger partial charge on any atom is 0.226 e. The molecule has 4 heterocycles. The van der Waals surface area contributed by atoms with Crippen molar-refractivity contribution >= 4 is 23.3 Å². The number of aromatic nitrogens is 2. The number of ether oxygens (including phenoxy) is 1. The first-order valence-corrected chi connectivity index (χ1v) is 12.8. The summed E-state index contributed by atoms with van der Waals surface area (Å²) in [5.74, 6) is 0.945. The molecule has 0 bridgehead atoms. The van der Waals surface area contributed by atoms with Crippen LogP contribution in [0.5, 0.6) is 0 Å². The Morgan fingerprint density at radius 2 is 1.46 bits per heavy atom. The lowest BCUT2D eigenvalue weighted by Gasteiger charge is -2.37. The first-order chi connectivity index (χ1) is 17.2. The Labute approximate surface area is 207 Å². The highest BCUT2D eigenvalue weighted by Crippen LogP contribution is 2.29. The van der Waals surface area contributed by atoms with Crippen LogP contribution in [-0.4, -0.2) is 107 Å². The van der Waals surface area contributed by atoms with Gasteiger partial charge < -0.3 is 30.1 Å². The molecule has 190 valence electrons. The van der Waals surface area contributed by atoms with Crippen LogP contribution in [-0.2, 0) is 4.74 Å². The molecule has 3 aliphatic heterocycles. The van der Waals surface area contributed by atoms with Gasteiger partial charge in [-0.05, 0) is 19.1 Å². The van der Waals surface area contributed by atoms with Crippen LogP contribution in [0, 0.1) is 12.7 Å². The van der Waals surface area contributed by atoms with E-state index in [0.29, 0.717) is 57.0 Å². The number of rotatable bonds is 7. The molecule has 0 amide bonds. The summed E-state index contributed by atoms with van der Waals surface area (Å²) < 4.78 is 21.3. The summed E-state index contributed by atoms with van der Waals surface area (Å²) in [5.41, 5.74) is 2.46. The fourth-order valence-corrected chi connectivity index (χ4v) is 4.89. The molecule has 2 N–H and O–H groups in total. The van der Waals surface area contributed by atoms with Crippen LogP contribution >= 0.6 is 0 Å². The highest BCUT2D eigenvalue weighted by atomic mass is 19.1. The smallest absolute Gasteiger partial charge is 0.226 e. The van der Waals surface area contributed by atoms with Gasteiger partial charge in [0.1, 0.15) is 0 Å². The highest BCUT2D eigenvalue weighted by molar-refractivity contribution is 5.58. The van der Waals surface area contributed by atoms with E-state index >= 15 is 4.39 Å². The van der Waals surface area contributed by atoms with Gasteiger partial charge in [-0.2, -0.15) is 14.4 Å². The van der Waals surface area contributed by atoms with Gasteiger partial charge in [-0.25, -0.2) is 0 Å². The van der Waals surface area contributed by atoms with Gasteiger partial charge in [-0.1, -0.05) is 17.7 Å². The predicted molar refractivity (Wildman–Crippen MR) is 138 cm³/mol. The zero-order chi connectivity index (χ0) is 24.0. The minimum absolute atomic E-state index is 0.330.